The third-order valence-electron chi connectivity index (χ3n) is 4.90. The zero-order valence-corrected chi connectivity index (χ0v) is 12.8. The van der Waals surface area contributed by atoms with Crippen molar-refractivity contribution in [3.8, 4) is 22.3 Å². The van der Waals surface area contributed by atoms with Gasteiger partial charge in [0, 0.05) is 0 Å². The van der Waals surface area contributed by atoms with Gasteiger partial charge < -0.3 is 0 Å². The first-order chi connectivity index (χ1) is 11.4. The van der Waals surface area contributed by atoms with Crippen molar-refractivity contribution in [2.45, 2.75) is 6.42 Å². The molecule has 0 radical (unpaired) electrons. The second-order valence-electron chi connectivity index (χ2n) is 6.20. The van der Waals surface area contributed by atoms with E-state index in [9.17, 15) is 0 Å². The number of benzene rings is 4. The van der Waals surface area contributed by atoms with Crippen LogP contribution in [0.3, 0.4) is 0 Å². The van der Waals surface area contributed by atoms with E-state index in [0.717, 1.165) is 6.42 Å². The van der Waals surface area contributed by atoms with Crippen LogP contribution in [0.4, 0.5) is 0 Å². The van der Waals surface area contributed by atoms with Gasteiger partial charge in [0.15, 0.2) is 0 Å². The molecule has 23 heavy (non-hydrogen) atoms. The standard InChI is InChI=1S/C23H16/c1-2-8-16(9-3-1)21-14-17-10-4-6-12-19(17)23-20-13-7-5-11-18(20)15-22(21)23/h1-14H,15H2. The molecule has 0 aromatic heterocycles. The van der Waals surface area contributed by atoms with Crippen LogP contribution < -0.4 is 0 Å². The minimum absolute atomic E-state index is 1.03. The van der Waals surface area contributed by atoms with Crippen LogP contribution in [0, 0.1) is 0 Å². The summed E-state index contributed by atoms with van der Waals surface area (Å²) in [6, 6.07) is 30.7. The van der Waals surface area contributed by atoms with Gasteiger partial charge in [0.2, 0.25) is 0 Å². The lowest BCUT2D eigenvalue weighted by molar-refractivity contribution is 1.27. The van der Waals surface area contributed by atoms with E-state index in [0.29, 0.717) is 0 Å². The maximum atomic E-state index is 2.36. The van der Waals surface area contributed by atoms with E-state index >= 15 is 0 Å². The molecule has 0 unspecified atom stereocenters. The lowest BCUT2D eigenvalue weighted by atomic mass is 9.91. The molecule has 4 aromatic rings. The fraction of sp³-hybridized carbons (Fsp3) is 0.0435. The Kier molecular flexibility index (Phi) is 2.65. The molecular weight excluding hydrogens is 276 g/mol. The van der Waals surface area contributed by atoms with Crippen LogP contribution in [0.1, 0.15) is 11.1 Å². The molecule has 0 saturated carbocycles. The highest BCUT2D eigenvalue weighted by Gasteiger charge is 2.23. The molecule has 0 heteroatoms. The number of hydrogen-bond donors (Lipinski definition) is 0. The van der Waals surface area contributed by atoms with Crippen LogP contribution >= 0.6 is 0 Å². The minimum atomic E-state index is 1.03. The van der Waals surface area contributed by atoms with Gasteiger partial charge in [-0.3, -0.25) is 0 Å². The van der Waals surface area contributed by atoms with Crippen LogP contribution in [0.15, 0.2) is 84.9 Å². The second kappa shape index (κ2) is 4.82. The summed E-state index contributed by atoms with van der Waals surface area (Å²) in [7, 11) is 0. The van der Waals surface area contributed by atoms with Crippen molar-refractivity contribution in [2.75, 3.05) is 0 Å². The molecule has 0 heterocycles. The summed E-state index contributed by atoms with van der Waals surface area (Å²) in [4.78, 5) is 0. The highest BCUT2D eigenvalue weighted by Crippen LogP contribution is 2.45. The van der Waals surface area contributed by atoms with Crippen molar-refractivity contribution in [2.24, 2.45) is 0 Å². The van der Waals surface area contributed by atoms with Gasteiger partial charge in [-0.25, -0.2) is 0 Å². The average Bonchev–Trinajstić information content (AvgIpc) is 3.01. The topological polar surface area (TPSA) is 0 Å². The van der Waals surface area contributed by atoms with Crippen molar-refractivity contribution >= 4 is 10.8 Å². The van der Waals surface area contributed by atoms with E-state index in [2.05, 4.69) is 84.9 Å². The van der Waals surface area contributed by atoms with Crippen molar-refractivity contribution in [3.05, 3.63) is 96.1 Å². The molecule has 0 saturated heterocycles. The summed E-state index contributed by atoms with van der Waals surface area (Å²) >= 11 is 0. The van der Waals surface area contributed by atoms with Gasteiger partial charge in [-0.05, 0) is 56.6 Å². The summed E-state index contributed by atoms with van der Waals surface area (Å²) in [5.41, 5.74) is 8.42. The van der Waals surface area contributed by atoms with Gasteiger partial charge in [0.25, 0.3) is 0 Å². The van der Waals surface area contributed by atoms with Crippen LogP contribution in [0.25, 0.3) is 33.0 Å². The molecule has 0 atom stereocenters. The molecular formula is C23H16. The Labute approximate surface area is 136 Å². The van der Waals surface area contributed by atoms with E-state index < -0.39 is 0 Å². The third-order valence-corrected chi connectivity index (χ3v) is 4.90. The van der Waals surface area contributed by atoms with E-state index in [1.807, 2.05) is 0 Å². The fourth-order valence-electron chi connectivity index (χ4n) is 3.87. The summed E-state index contributed by atoms with van der Waals surface area (Å²) in [5, 5.41) is 2.69. The van der Waals surface area contributed by atoms with Crippen molar-refractivity contribution in [1.29, 1.82) is 0 Å². The second-order valence-corrected chi connectivity index (χ2v) is 6.20. The van der Waals surface area contributed by atoms with Crippen LogP contribution in [-0.2, 0) is 6.42 Å². The van der Waals surface area contributed by atoms with Crippen molar-refractivity contribution < 1.29 is 0 Å². The summed E-state index contributed by atoms with van der Waals surface area (Å²) < 4.78 is 0. The first kappa shape index (κ1) is 12.7. The van der Waals surface area contributed by atoms with Gasteiger partial charge in [0.05, 0.1) is 0 Å². The number of hydrogen-bond acceptors (Lipinski definition) is 0. The molecule has 0 fully saturated rings. The smallest absolute Gasteiger partial charge is 0.000705 e. The van der Waals surface area contributed by atoms with Gasteiger partial charge >= 0.3 is 0 Å². The average molecular weight is 292 g/mol. The Morgan fingerprint density at radius 1 is 0.609 bits per heavy atom. The predicted octanol–water partition coefficient (Wildman–Crippen LogP) is 6.08. The molecule has 0 bridgehead atoms. The van der Waals surface area contributed by atoms with E-state index in [1.165, 1.54) is 44.2 Å². The minimum Gasteiger partial charge on any atom is -0.0622 e. The molecule has 5 rings (SSSR count). The molecule has 108 valence electrons. The zero-order chi connectivity index (χ0) is 15.2. The van der Waals surface area contributed by atoms with E-state index in [1.54, 1.807) is 0 Å². The molecule has 0 nitrogen and oxygen atoms in total. The largest absolute Gasteiger partial charge is 0.0622 e. The monoisotopic (exact) mass is 292 g/mol. The molecule has 4 aromatic carbocycles. The molecule has 0 spiro atoms. The molecule has 0 N–H and O–H groups in total. The highest BCUT2D eigenvalue weighted by molar-refractivity contribution is 6.05. The van der Waals surface area contributed by atoms with Gasteiger partial charge in [-0.1, -0.05) is 78.9 Å². The van der Waals surface area contributed by atoms with Gasteiger partial charge in [0.1, 0.15) is 0 Å². The van der Waals surface area contributed by atoms with Gasteiger partial charge in [-0.15, -0.1) is 0 Å². The zero-order valence-electron chi connectivity index (χ0n) is 12.8. The summed E-state index contributed by atoms with van der Waals surface area (Å²) in [5.74, 6) is 0. The third kappa shape index (κ3) is 1.85. The Hall–Kier alpha value is -2.86. The Morgan fingerprint density at radius 2 is 1.35 bits per heavy atom. The fourth-order valence-corrected chi connectivity index (χ4v) is 3.87. The normalized spacial score (nSPS) is 12.2. The van der Waals surface area contributed by atoms with Crippen LogP contribution in [0.5, 0.6) is 0 Å². The first-order valence-corrected chi connectivity index (χ1v) is 8.10. The first-order valence-electron chi connectivity index (χ1n) is 8.10. The Morgan fingerprint density at radius 3 is 2.26 bits per heavy atom. The van der Waals surface area contributed by atoms with Crippen molar-refractivity contribution in [1.82, 2.24) is 0 Å². The van der Waals surface area contributed by atoms with Gasteiger partial charge in [-0.2, -0.15) is 0 Å². The maximum Gasteiger partial charge on any atom is -0.000705 e. The number of fused-ring (bicyclic) bond motifs is 5. The number of rotatable bonds is 1. The van der Waals surface area contributed by atoms with Crippen LogP contribution in [-0.4, -0.2) is 0 Å². The SMILES string of the molecule is c1ccc(-c2cc3ccccc3c3c2Cc2ccccc2-3)cc1. The van der Waals surface area contributed by atoms with Crippen molar-refractivity contribution in [3.63, 3.8) is 0 Å². The lowest BCUT2D eigenvalue weighted by Gasteiger charge is -2.13. The maximum absolute atomic E-state index is 2.36. The Balaban J connectivity index is 1.92. The Bertz CT molecular complexity index is 1030. The molecule has 0 aliphatic heterocycles. The molecule has 0 amide bonds. The lowest BCUT2D eigenvalue weighted by Crippen LogP contribution is -1.90. The predicted molar refractivity (Wildman–Crippen MR) is 97.6 cm³/mol. The summed E-state index contributed by atoms with van der Waals surface area (Å²) in [6.07, 6.45) is 1.03. The van der Waals surface area contributed by atoms with Crippen LogP contribution in [0.2, 0.25) is 0 Å². The van der Waals surface area contributed by atoms with E-state index in [-0.39, 0.29) is 0 Å². The molecule has 1 aliphatic rings. The summed E-state index contributed by atoms with van der Waals surface area (Å²) in [6.45, 7) is 0. The van der Waals surface area contributed by atoms with E-state index in [4.69, 9.17) is 0 Å². The highest BCUT2D eigenvalue weighted by atomic mass is 14.3. The molecule has 1 aliphatic carbocycles. The quantitative estimate of drug-likeness (QED) is 0.351.